The van der Waals surface area contributed by atoms with Gasteiger partial charge in [0.2, 0.25) is 15.9 Å². The minimum atomic E-state index is -3.58. The Morgan fingerprint density at radius 2 is 1.62 bits per heavy atom. The zero-order valence-electron chi connectivity index (χ0n) is 15.7. The molecule has 1 aliphatic rings. The lowest BCUT2D eigenvalue weighted by Gasteiger charge is -2.32. The van der Waals surface area contributed by atoms with E-state index in [0.717, 1.165) is 0 Å². The number of piperidine rings is 1. The van der Waals surface area contributed by atoms with Crippen molar-refractivity contribution < 1.29 is 18.0 Å². The zero-order valence-corrected chi connectivity index (χ0v) is 17.2. The van der Waals surface area contributed by atoms with Gasteiger partial charge in [0.15, 0.2) is 0 Å². The molecule has 0 radical (unpaired) electrons. The van der Waals surface area contributed by atoms with Crippen molar-refractivity contribution >= 4 is 33.4 Å². The second-order valence-electron chi connectivity index (χ2n) is 6.75. The summed E-state index contributed by atoms with van der Waals surface area (Å²) in [6, 6.07) is 14.6. The molecule has 7 nitrogen and oxygen atoms in total. The van der Waals surface area contributed by atoms with Gasteiger partial charge in [-0.2, -0.15) is 0 Å². The molecular formula is C20H22ClN3O4S. The van der Waals surface area contributed by atoms with Gasteiger partial charge >= 0.3 is 0 Å². The Morgan fingerprint density at radius 3 is 2.28 bits per heavy atom. The first-order valence-electron chi connectivity index (χ1n) is 9.25. The summed E-state index contributed by atoms with van der Waals surface area (Å²) in [5.41, 5.74) is 0.316. The predicted octanol–water partition coefficient (Wildman–Crippen LogP) is 2.04. The number of carbonyl (C=O) groups excluding carboxylic acids is 2. The Hall–Kier alpha value is -2.42. The number of nitrogens with zero attached hydrogens (tertiary/aromatic N) is 1. The van der Waals surface area contributed by atoms with Crippen molar-refractivity contribution in [2.45, 2.75) is 23.8 Å². The van der Waals surface area contributed by atoms with Crippen LogP contribution in [0.5, 0.6) is 0 Å². The molecule has 3 rings (SSSR count). The minimum Gasteiger partial charge on any atom is -0.343 e. The molecule has 9 heteroatoms. The summed E-state index contributed by atoms with van der Waals surface area (Å²) in [7, 11) is -3.58. The van der Waals surface area contributed by atoms with Crippen LogP contribution < -0.4 is 10.0 Å². The van der Waals surface area contributed by atoms with Gasteiger partial charge in [-0.3, -0.25) is 9.59 Å². The van der Waals surface area contributed by atoms with Gasteiger partial charge in [0.25, 0.3) is 5.91 Å². The average molecular weight is 436 g/mol. The second kappa shape index (κ2) is 9.39. The van der Waals surface area contributed by atoms with Gasteiger partial charge in [0.05, 0.1) is 22.0 Å². The van der Waals surface area contributed by atoms with Crippen LogP contribution in [0.2, 0.25) is 5.02 Å². The maximum absolute atomic E-state index is 12.4. The smallest absolute Gasteiger partial charge is 0.253 e. The molecule has 2 N–H and O–H groups in total. The van der Waals surface area contributed by atoms with Gasteiger partial charge in [-0.15, -0.1) is 0 Å². The summed E-state index contributed by atoms with van der Waals surface area (Å²) in [4.78, 5) is 26.4. The van der Waals surface area contributed by atoms with Crippen molar-refractivity contribution in [1.82, 2.24) is 14.9 Å². The molecule has 0 bridgehead atoms. The van der Waals surface area contributed by atoms with Gasteiger partial charge in [0.1, 0.15) is 0 Å². The molecule has 29 heavy (non-hydrogen) atoms. The highest BCUT2D eigenvalue weighted by molar-refractivity contribution is 7.89. The van der Waals surface area contributed by atoms with E-state index in [-0.39, 0.29) is 23.4 Å². The van der Waals surface area contributed by atoms with E-state index in [2.05, 4.69) is 10.0 Å². The molecule has 0 aliphatic carbocycles. The lowest BCUT2D eigenvalue weighted by Crippen LogP contribution is -2.48. The van der Waals surface area contributed by atoms with Gasteiger partial charge in [-0.1, -0.05) is 41.9 Å². The number of rotatable bonds is 6. The Kier molecular flexibility index (Phi) is 6.89. The maximum atomic E-state index is 12.4. The van der Waals surface area contributed by atoms with Crippen molar-refractivity contribution in [2.24, 2.45) is 0 Å². The fourth-order valence-corrected chi connectivity index (χ4v) is 4.69. The van der Waals surface area contributed by atoms with Crippen LogP contribution in [-0.2, 0) is 14.8 Å². The third-order valence-corrected chi connectivity index (χ3v) is 6.61. The molecule has 2 aromatic carbocycles. The largest absolute Gasteiger partial charge is 0.343 e. The van der Waals surface area contributed by atoms with E-state index in [1.807, 2.05) is 0 Å². The summed E-state index contributed by atoms with van der Waals surface area (Å²) in [5, 5.41) is 2.90. The third-order valence-electron chi connectivity index (χ3n) is 4.74. The summed E-state index contributed by atoms with van der Waals surface area (Å²) in [6.07, 6.45) is 1.02. The summed E-state index contributed by atoms with van der Waals surface area (Å²) >= 11 is 5.98. The highest BCUT2D eigenvalue weighted by atomic mass is 35.5. The van der Waals surface area contributed by atoms with Crippen LogP contribution in [0.15, 0.2) is 59.5 Å². The molecular weight excluding hydrogens is 414 g/mol. The van der Waals surface area contributed by atoms with Crippen LogP contribution in [-0.4, -0.2) is 50.8 Å². The van der Waals surface area contributed by atoms with Crippen LogP contribution in [0, 0.1) is 0 Å². The molecule has 154 valence electrons. The van der Waals surface area contributed by atoms with E-state index in [1.54, 1.807) is 59.5 Å². The number of halogens is 1. The molecule has 0 saturated carbocycles. The van der Waals surface area contributed by atoms with E-state index in [4.69, 9.17) is 11.6 Å². The quantitative estimate of drug-likeness (QED) is 0.725. The molecule has 2 amide bonds. The summed E-state index contributed by atoms with van der Waals surface area (Å²) < 4.78 is 27.5. The number of carbonyl (C=O) groups is 2. The Morgan fingerprint density at radius 1 is 1.00 bits per heavy atom. The first-order valence-corrected chi connectivity index (χ1v) is 11.1. The fraction of sp³-hybridized carbons (Fsp3) is 0.300. The number of benzene rings is 2. The minimum absolute atomic E-state index is 0.134. The number of likely N-dealkylation sites (tertiary alicyclic amines) is 1. The molecule has 0 aromatic heterocycles. The molecule has 1 heterocycles. The molecule has 0 atom stereocenters. The van der Waals surface area contributed by atoms with Gasteiger partial charge in [-0.25, -0.2) is 13.1 Å². The van der Waals surface area contributed by atoms with Crippen LogP contribution >= 0.6 is 11.6 Å². The number of hydrogen-bond acceptors (Lipinski definition) is 4. The molecule has 2 aromatic rings. The van der Waals surface area contributed by atoms with Crippen molar-refractivity contribution in [1.29, 1.82) is 0 Å². The van der Waals surface area contributed by atoms with Gasteiger partial charge < -0.3 is 10.2 Å². The highest BCUT2D eigenvalue weighted by Crippen LogP contribution is 2.16. The summed E-state index contributed by atoms with van der Waals surface area (Å²) in [5.74, 6) is -0.621. The zero-order chi connectivity index (χ0) is 20.9. The Labute approximate surface area is 175 Å². The lowest BCUT2D eigenvalue weighted by atomic mass is 10.1. The van der Waals surface area contributed by atoms with E-state index >= 15 is 0 Å². The topological polar surface area (TPSA) is 95.6 Å². The first-order chi connectivity index (χ1) is 13.9. The van der Waals surface area contributed by atoms with E-state index in [9.17, 15) is 18.0 Å². The fourth-order valence-electron chi connectivity index (χ4n) is 3.14. The van der Waals surface area contributed by atoms with Crippen LogP contribution in [0.25, 0.3) is 0 Å². The van der Waals surface area contributed by atoms with E-state index < -0.39 is 15.9 Å². The van der Waals surface area contributed by atoms with Gasteiger partial charge in [0, 0.05) is 19.1 Å². The Balaban J connectivity index is 1.47. The number of hydrogen-bond donors (Lipinski definition) is 2. The molecule has 1 saturated heterocycles. The second-order valence-corrected chi connectivity index (χ2v) is 8.87. The highest BCUT2D eigenvalue weighted by Gasteiger charge is 2.26. The first kappa shape index (κ1) is 21.3. The Bertz CT molecular complexity index is 974. The SMILES string of the molecule is O=C(NCC(=O)N1CCC(NS(=O)(=O)c2ccccc2)CC1)c1ccccc1Cl. The van der Waals surface area contributed by atoms with E-state index in [1.165, 1.54) is 0 Å². The van der Waals surface area contributed by atoms with Gasteiger partial charge in [-0.05, 0) is 37.1 Å². The van der Waals surface area contributed by atoms with Crippen LogP contribution in [0.1, 0.15) is 23.2 Å². The van der Waals surface area contributed by atoms with Crippen LogP contribution in [0.3, 0.4) is 0 Å². The molecule has 1 fully saturated rings. The molecule has 1 aliphatic heterocycles. The van der Waals surface area contributed by atoms with Crippen molar-refractivity contribution in [3.8, 4) is 0 Å². The molecule has 0 spiro atoms. The molecule has 0 unspecified atom stereocenters. The number of amides is 2. The standard InChI is InChI=1S/C20H22ClN3O4S/c21-18-9-5-4-8-17(18)20(26)22-14-19(25)24-12-10-15(11-13-24)23-29(27,28)16-6-2-1-3-7-16/h1-9,15,23H,10-14H2,(H,22,26). The van der Waals surface area contributed by atoms with Crippen molar-refractivity contribution in [3.05, 3.63) is 65.2 Å². The maximum Gasteiger partial charge on any atom is 0.253 e. The number of sulfonamides is 1. The lowest BCUT2D eigenvalue weighted by molar-refractivity contribution is -0.131. The van der Waals surface area contributed by atoms with Crippen LogP contribution in [0.4, 0.5) is 0 Å². The van der Waals surface area contributed by atoms with Crippen molar-refractivity contribution in [3.63, 3.8) is 0 Å². The average Bonchev–Trinajstić information content (AvgIpc) is 2.73. The van der Waals surface area contributed by atoms with Crippen molar-refractivity contribution in [2.75, 3.05) is 19.6 Å². The summed E-state index contributed by atoms with van der Waals surface area (Å²) in [6.45, 7) is 0.704. The normalized spacial score (nSPS) is 15.1. The number of nitrogens with one attached hydrogen (secondary N) is 2. The van der Waals surface area contributed by atoms with E-state index in [0.29, 0.717) is 36.5 Å². The monoisotopic (exact) mass is 435 g/mol. The predicted molar refractivity (Wildman–Crippen MR) is 110 cm³/mol. The third kappa shape index (κ3) is 5.56.